The third kappa shape index (κ3) is 1.60. The molecule has 3 nitrogen and oxygen atoms in total. The topological polar surface area (TPSA) is 44.1 Å². The van der Waals surface area contributed by atoms with Crippen LogP contribution < -0.4 is 0 Å². The van der Waals surface area contributed by atoms with Crippen molar-refractivity contribution in [2.45, 2.75) is 64.3 Å². The van der Waals surface area contributed by atoms with E-state index in [4.69, 9.17) is 5.26 Å². The van der Waals surface area contributed by atoms with E-state index in [-0.39, 0.29) is 17.4 Å². The molecule has 1 saturated heterocycles. The summed E-state index contributed by atoms with van der Waals surface area (Å²) in [5.74, 6) is 0.969. The van der Waals surface area contributed by atoms with E-state index in [1.54, 1.807) is 0 Å². The molecule has 20 heavy (non-hydrogen) atoms. The van der Waals surface area contributed by atoms with Gasteiger partial charge in [-0.2, -0.15) is 5.26 Å². The van der Waals surface area contributed by atoms with E-state index >= 15 is 0 Å². The second kappa shape index (κ2) is 3.59. The monoisotopic (exact) mass is 272 g/mol. The average Bonchev–Trinajstić information content (AvgIpc) is 2.66. The van der Waals surface area contributed by atoms with Gasteiger partial charge in [0.2, 0.25) is 5.91 Å². The SMILES string of the molecule is CC12CC3CC(C)(C1)CC(N1CC(C#N)CC1=O)(C3)C2. The minimum atomic E-state index is -0.0730. The first-order valence-corrected chi connectivity index (χ1v) is 8.06. The molecule has 4 saturated carbocycles. The Morgan fingerprint density at radius 2 is 1.80 bits per heavy atom. The third-order valence-corrected chi connectivity index (χ3v) is 6.48. The minimum absolute atomic E-state index is 0.0730. The molecule has 3 atom stereocenters. The van der Waals surface area contributed by atoms with E-state index in [0.29, 0.717) is 23.8 Å². The zero-order valence-electron chi connectivity index (χ0n) is 12.6. The number of hydrogen-bond donors (Lipinski definition) is 0. The van der Waals surface area contributed by atoms with Crippen molar-refractivity contribution in [3.8, 4) is 6.07 Å². The van der Waals surface area contributed by atoms with Gasteiger partial charge in [0.25, 0.3) is 0 Å². The number of carbonyl (C=O) groups excluding carboxylic acids is 1. The van der Waals surface area contributed by atoms with Gasteiger partial charge in [-0.15, -0.1) is 0 Å². The molecule has 0 aromatic rings. The standard InChI is InChI=1S/C17H24N2O/c1-15-4-13-5-16(2,9-15)11-17(6-13,10-15)19-8-12(7-18)3-14(19)20/h12-13H,3-6,8-11H2,1-2H3. The van der Waals surface area contributed by atoms with Crippen LogP contribution in [0.1, 0.15) is 58.8 Å². The van der Waals surface area contributed by atoms with Gasteiger partial charge < -0.3 is 4.90 Å². The molecule has 0 aromatic carbocycles. The van der Waals surface area contributed by atoms with Gasteiger partial charge in [0.05, 0.1) is 12.0 Å². The Bertz CT molecular complexity index is 502. The summed E-state index contributed by atoms with van der Waals surface area (Å²) >= 11 is 0. The summed E-state index contributed by atoms with van der Waals surface area (Å²) in [4.78, 5) is 14.6. The van der Waals surface area contributed by atoms with Gasteiger partial charge in [0, 0.05) is 18.5 Å². The lowest BCUT2D eigenvalue weighted by atomic mass is 9.42. The Morgan fingerprint density at radius 1 is 1.15 bits per heavy atom. The number of nitrogens with zero attached hydrogens (tertiary/aromatic N) is 2. The summed E-state index contributed by atoms with van der Waals surface area (Å²) in [6.45, 7) is 5.56. The zero-order valence-corrected chi connectivity index (χ0v) is 12.6. The molecule has 0 N–H and O–H groups in total. The van der Waals surface area contributed by atoms with Crippen molar-refractivity contribution in [2.24, 2.45) is 22.7 Å². The van der Waals surface area contributed by atoms with Crippen molar-refractivity contribution < 1.29 is 4.79 Å². The normalized spacial score (nSPS) is 53.5. The van der Waals surface area contributed by atoms with Gasteiger partial charge in [0.1, 0.15) is 0 Å². The quantitative estimate of drug-likeness (QED) is 0.736. The van der Waals surface area contributed by atoms with Crippen molar-refractivity contribution in [3.63, 3.8) is 0 Å². The highest BCUT2D eigenvalue weighted by molar-refractivity contribution is 5.80. The van der Waals surface area contributed by atoms with Crippen LogP contribution in [-0.4, -0.2) is 22.9 Å². The fourth-order valence-electron chi connectivity index (χ4n) is 6.94. The predicted molar refractivity (Wildman–Crippen MR) is 75.6 cm³/mol. The fraction of sp³-hybridized carbons (Fsp3) is 0.882. The summed E-state index contributed by atoms with van der Waals surface area (Å²) < 4.78 is 0. The van der Waals surface area contributed by atoms with Crippen molar-refractivity contribution >= 4 is 5.91 Å². The second-order valence-electron chi connectivity index (χ2n) is 8.89. The van der Waals surface area contributed by atoms with Crippen LogP contribution in [0.2, 0.25) is 0 Å². The van der Waals surface area contributed by atoms with E-state index in [2.05, 4.69) is 24.8 Å². The molecule has 0 aromatic heterocycles. The smallest absolute Gasteiger partial charge is 0.224 e. The van der Waals surface area contributed by atoms with E-state index in [9.17, 15) is 4.79 Å². The molecule has 5 fully saturated rings. The molecule has 108 valence electrons. The van der Waals surface area contributed by atoms with Crippen LogP contribution in [0.4, 0.5) is 0 Å². The molecule has 1 amide bonds. The van der Waals surface area contributed by atoms with Crippen molar-refractivity contribution in [1.29, 1.82) is 5.26 Å². The fourth-order valence-corrected chi connectivity index (χ4v) is 6.94. The first-order valence-electron chi connectivity index (χ1n) is 8.06. The van der Waals surface area contributed by atoms with Gasteiger partial charge >= 0.3 is 0 Å². The van der Waals surface area contributed by atoms with Crippen LogP contribution in [-0.2, 0) is 4.79 Å². The molecule has 4 aliphatic carbocycles. The maximum absolute atomic E-state index is 12.4. The van der Waals surface area contributed by atoms with E-state index in [1.807, 2.05) is 0 Å². The molecule has 5 aliphatic rings. The Labute approximate surface area is 121 Å². The van der Waals surface area contributed by atoms with Gasteiger partial charge in [-0.25, -0.2) is 0 Å². The number of hydrogen-bond acceptors (Lipinski definition) is 2. The lowest BCUT2D eigenvalue weighted by Crippen LogP contribution is -2.65. The summed E-state index contributed by atoms with van der Waals surface area (Å²) in [7, 11) is 0. The Kier molecular flexibility index (Phi) is 2.27. The van der Waals surface area contributed by atoms with E-state index in [0.717, 1.165) is 5.92 Å². The molecule has 3 unspecified atom stereocenters. The first kappa shape index (κ1) is 12.7. The summed E-state index contributed by atoms with van der Waals surface area (Å²) in [5, 5.41) is 9.16. The van der Waals surface area contributed by atoms with Crippen LogP contribution >= 0.6 is 0 Å². The van der Waals surface area contributed by atoms with E-state index < -0.39 is 0 Å². The third-order valence-electron chi connectivity index (χ3n) is 6.48. The van der Waals surface area contributed by atoms with Crippen LogP contribution in [0.5, 0.6) is 0 Å². The molecular formula is C17H24N2O. The van der Waals surface area contributed by atoms with Crippen molar-refractivity contribution in [1.82, 2.24) is 4.90 Å². The number of rotatable bonds is 1. The van der Waals surface area contributed by atoms with Crippen LogP contribution in [0.15, 0.2) is 0 Å². The second-order valence-corrected chi connectivity index (χ2v) is 8.89. The minimum Gasteiger partial charge on any atom is -0.336 e. The van der Waals surface area contributed by atoms with Crippen molar-refractivity contribution in [2.75, 3.05) is 6.54 Å². The summed E-state index contributed by atoms with van der Waals surface area (Å²) in [6, 6.07) is 2.31. The maximum atomic E-state index is 12.4. The molecule has 0 spiro atoms. The molecule has 5 rings (SSSR count). The van der Waals surface area contributed by atoms with Crippen LogP contribution in [0.3, 0.4) is 0 Å². The number of amides is 1. The van der Waals surface area contributed by atoms with Crippen LogP contribution in [0, 0.1) is 34.0 Å². The first-order chi connectivity index (χ1) is 9.35. The summed E-state index contributed by atoms with van der Waals surface area (Å²) in [6.07, 6.45) is 8.05. The van der Waals surface area contributed by atoms with Crippen LogP contribution in [0.25, 0.3) is 0 Å². The largest absolute Gasteiger partial charge is 0.336 e. The van der Waals surface area contributed by atoms with Gasteiger partial charge in [0.15, 0.2) is 0 Å². The lowest BCUT2D eigenvalue weighted by molar-refractivity contribution is -0.170. The number of likely N-dealkylation sites (tertiary alicyclic amines) is 1. The Hall–Kier alpha value is -1.04. The highest BCUT2D eigenvalue weighted by atomic mass is 16.2. The highest BCUT2D eigenvalue weighted by Gasteiger charge is 2.63. The molecule has 3 heteroatoms. The molecule has 4 bridgehead atoms. The lowest BCUT2D eigenvalue weighted by Gasteiger charge is -2.67. The van der Waals surface area contributed by atoms with Gasteiger partial charge in [-0.05, 0) is 55.3 Å². The Morgan fingerprint density at radius 3 is 2.30 bits per heavy atom. The van der Waals surface area contributed by atoms with Crippen molar-refractivity contribution in [3.05, 3.63) is 0 Å². The van der Waals surface area contributed by atoms with E-state index in [1.165, 1.54) is 38.5 Å². The molecule has 1 aliphatic heterocycles. The van der Waals surface area contributed by atoms with Gasteiger partial charge in [-0.1, -0.05) is 13.8 Å². The maximum Gasteiger partial charge on any atom is 0.224 e. The molecular weight excluding hydrogens is 248 g/mol. The number of nitriles is 1. The zero-order chi connectivity index (χ0) is 14.2. The van der Waals surface area contributed by atoms with Gasteiger partial charge in [-0.3, -0.25) is 4.79 Å². The Balaban J connectivity index is 1.71. The molecule has 0 radical (unpaired) electrons. The highest BCUT2D eigenvalue weighted by Crippen LogP contribution is 2.68. The molecule has 1 heterocycles. The number of carbonyl (C=O) groups is 1. The predicted octanol–water partition coefficient (Wildman–Crippen LogP) is 3.11. The summed E-state index contributed by atoms with van der Waals surface area (Å²) in [5.41, 5.74) is 0.948. The average molecular weight is 272 g/mol.